The fourth-order valence-electron chi connectivity index (χ4n) is 2.26. The van der Waals surface area contributed by atoms with Gasteiger partial charge in [-0.2, -0.15) is 0 Å². The zero-order chi connectivity index (χ0) is 16.4. The summed E-state index contributed by atoms with van der Waals surface area (Å²) in [7, 11) is 0. The van der Waals surface area contributed by atoms with Crippen LogP contribution in [-0.4, -0.2) is 16.1 Å². The second-order valence-electron chi connectivity index (χ2n) is 5.25. The lowest BCUT2D eigenvalue weighted by atomic mass is 10.1. The number of amides is 1. The first-order valence-electron chi connectivity index (χ1n) is 7.00. The molecule has 0 saturated heterocycles. The number of aryl methyl sites for hydroxylation is 2. The summed E-state index contributed by atoms with van der Waals surface area (Å²) in [5, 5.41) is 11.0. The third-order valence-electron chi connectivity index (χ3n) is 3.22. The number of aromatic nitrogens is 2. The maximum atomic E-state index is 12.1. The molecular formula is C17H14ClN3O2. The SMILES string of the molecule is Cc1cc(C)cc(-c2nnc(NC(=O)c3ccc(Cl)cc3)o2)c1. The van der Waals surface area contributed by atoms with Gasteiger partial charge in [0.15, 0.2) is 0 Å². The lowest BCUT2D eigenvalue weighted by molar-refractivity contribution is 0.102. The van der Waals surface area contributed by atoms with E-state index in [1.807, 2.05) is 26.0 Å². The van der Waals surface area contributed by atoms with Crippen LogP contribution in [0.1, 0.15) is 21.5 Å². The first-order chi connectivity index (χ1) is 11.0. The number of hydrogen-bond donors (Lipinski definition) is 1. The maximum absolute atomic E-state index is 12.1. The van der Waals surface area contributed by atoms with E-state index in [2.05, 4.69) is 21.6 Å². The number of carbonyl (C=O) groups excluding carboxylic acids is 1. The van der Waals surface area contributed by atoms with Gasteiger partial charge in [-0.05, 0) is 50.2 Å². The molecule has 0 spiro atoms. The van der Waals surface area contributed by atoms with Gasteiger partial charge in [0.2, 0.25) is 5.89 Å². The molecule has 2 aromatic carbocycles. The predicted octanol–water partition coefficient (Wildman–Crippen LogP) is 4.26. The molecule has 3 aromatic rings. The minimum Gasteiger partial charge on any atom is -0.403 e. The Labute approximate surface area is 138 Å². The van der Waals surface area contributed by atoms with Crippen LogP contribution in [0, 0.1) is 13.8 Å². The molecule has 116 valence electrons. The minimum atomic E-state index is -0.336. The summed E-state index contributed by atoms with van der Waals surface area (Å²) in [6, 6.07) is 12.5. The number of rotatable bonds is 3. The van der Waals surface area contributed by atoms with Crippen LogP contribution in [-0.2, 0) is 0 Å². The van der Waals surface area contributed by atoms with Gasteiger partial charge >= 0.3 is 6.01 Å². The van der Waals surface area contributed by atoms with Crippen molar-refractivity contribution in [1.82, 2.24) is 10.2 Å². The third kappa shape index (κ3) is 3.57. The Morgan fingerprint density at radius 2 is 1.70 bits per heavy atom. The van der Waals surface area contributed by atoms with Crippen LogP contribution < -0.4 is 5.32 Å². The largest absolute Gasteiger partial charge is 0.403 e. The Kier molecular flexibility index (Phi) is 4.12. The molecule has 0 radical (unpaired) electrons. The zero-order valence-corrected chi connectivity index (χ0v) is 13.4. The average Bonchev–Trinajstić information content (AvgIpc) is 2.95. The molecule has 1 N–H and O–H groups in total. The van der Waals surface area contributed by atoms with Crippen molar-refractivity contribution in [2.75, 3.05) is 5.32 Å². The second-order valence-corrected chi connectivity index (χ2v) is 5.69. The first kappa shape index (κ1) is 15.2. The third-order valence-corrected chi connectivity index (χ3v) is 3.47. The summed E-state index contributed by atoms with van der Waals surface area (Å²) >= 11 is 5.80. The van der Waals surface area contributed by atoms with E-state index in [9.17, 15) is 4.79 Å². The molecule has 5 nitrogen and oxygen atoms in total. The molecule has 1 aromatic heterocycles. The van der Waals surface area contributed by atoms with Gasteiger partial charge in [0.05, 0.1) is 0 Å². The van der Waals surface area contributed by atoms with Crippen LogP contribution in [0.4, 0.5) is 6.01 Å². The molecule has 0 saturated carbocycles. The van der Waals surface area contributed by atoms with E-state index in [1.54, 1.807) is 24.3 Å². The van der Waals surface area contributed by atoms with Crippen molar-refractivity contribution in [2.45, 2.75) is 13.8 Å². The second kappa shape index (κ2) is 6.22. The van der Waals surface area contributed by atoms with Crippen LogP contribution in [0.5, 0.6) is 0 Å². The topological polar surface area (TPSA) is 68.0 Å². The Bertz CT molecular complexity index is 836. The first-order valence-corrected chi connectivity index (χ1v) is 7.38. The smallest absolute Gasteiger partial charge is 0.322 e. The summed E-state index contributed by atoms with van der Waals surface area (Å²) in [6.45, 7) is 3.99. The van der Waals surface area contributed by atoms with Gasteiger partial charge in [0, 0.05) is 16.1 Å². The van der Waals surface area contributed by atoms with Crippen molar-refractivity contribution in [3.05, 3.63) is 64.2 Å². The molecule has 0 fully saturated rings. The van der Waals surface area contributed by atoms with E-state index in [4.69, 9.17) is 16.0 Å². The average molecular weight is 328 g/mol. The summed E-state index contributed by atoms with van der Waals surface area (Å²) in [6.07, 6.45) is 0. The molecule has 3 rings (SSSR count). The van der Waals surface area contributed by atoms with Gasteiger partial charge in [-0.25, -0.2) is 0 Å². The van der Waals surface area contributed by atoms with Gasteiger partial charge in [-0.1, -0.05) is 33.9 Å². The van der Waals surface area contributed by atoms with Gasteiger partial charge in [-0.15, -0.1) is 5.10 Å². The highest BCUT2D eigenvalue weighted by Gasteiger charge is 2.13. The van der Waals surface area contributed by atoms with Crippen LogP contribution in [0.3, 0.4) is 0 Å². The molecule has 6 heteroatoms. The van der Waals surface area contributed by atoms with E-state index in [0.717, 1.165) is 16.7 Å². The van der Waals surface area contributed by atoms with Gasteiger partial charge in [0.25, 0.3) is 5.91 Å². The highest BCUT2D eigenvalue weighted by molar-refractivity contribution is 6.30. The van der Waals surface area contributed by atoms with Gasteiger partial charge in [-0.3, -0.25) is 10.1 Å². The van der Waals surface area contributed by atoms with Crippen molar-refractivity contribution >= 4 is 23.5 Å². The van der Waals surface area contributed by atoms with Crippen LogP contribution >= 0.6 is 11.6 Å². The van der Waals surface area contributed by atoms with Gasteiger partial charge in [0.1, 0.15) is 0 Å². The van der Waals surface area contributed by atoms with Gasteiger partial charge < -0.3 is 4.42 Å². The Morgan fingerprint density at radius 3 is 2.35 bits per heavy atom. The minimum absolute atomic E-state index is 0.0547. The maximum Gasteiger partial charge on any atom is 0.322 e. The number of hydrogen-bond acceptors (Lipinski definition) is 4. The molecule has 0 unspecified atom stereocenters. The standard InChI is InChI=1S/C17H14ClN3O2/c1-10-7-11(2)9-13(8-10)16-20-21-17(23-16)19-15(22)12-3-5-14(18)6-4-12/h3-9H,1-2H3,(H,19,21,22). The Hall–Kier alpha value is -2.66. The number of nitrogens with one attached hydrogen (secondary N) is 1. The molecule has 0 bridgehead atoms. The number of halogens is 1. The van der Waals surface area contributed by atoms with E-state index in [-0.39, 0.29) is 11.9 Å². The fraction of sp³-hybridized carbons (Fsp3) is 0.118. The Morgan fingerprint density at radius 1 is 1.04 bits per heavy atom. The molecule has 0 atom stereocenters. The molecule has 1 heterocycles. The van der Waals surface area contributed by atoms with Crippen LogP contribution in [0.2, 0.25) is 5.02 Å². The summed E-state index contributed by atoms with van der Waals surface area (Å²) in [4.78, 5) is 12.1. The molecule has 0 aliphatic heterocycles. The normalized spacial score (nSPS) is 10.6. The molecule has 1 amide bonds. The molecule has 23 heavy (non-hydrogen) atoms. The molecule has 0 aliphatic rings. The summed E-state index contributed by atoms with van der Waals surface area (Å²) in [5.41, 5.74) is 3.48. The highest BCUT2D eigenvalue weighted by atomic mass is 35.5. The summed E-state index contributed by atoms with van der Waals surface area (Å²) < 4.78 is 5.52. The van der Waals surface area contributed by atoms with Crippen molar-refractivity contribution in [3.63, 3.8) is 0 Å². The number of nitrogens with zero attached hydrogens (tertiary/aromatic N) is 2. The van der Waals surface area contributed by atoms with E-state index >= 15 is 0 Å². The number of anilines is 1. The van der Waals surface area contributed by atoms with E-state index in [0.29, 0.717) is 16.5 Å². The highest BCUT2D eigenvalue weighted by Crippen LogP contribution is 2.22. The molecular weight excluding hydrogens is 314 g/mol. The van der Waals surface area contributed by atoms with Crippen LogP contribution in [0.25, 0.3) is 11.5 Å². The summed E-state index contributed by atoms with van der Waals surface area (Å²) in [5.74, 6) is 0.0282. The zero-order valence-electron chi connectivity index (χ0n) is 12.6. The van der Waals surface area contributed by atoms with Crippen molar-refractivity contribution in [1.29, 1.82) is 0 Å². The van der Waals surface area contributed by atoms with E-state index in [1.165, 1.54) is 0 Å². The predicted molar refractivity (Wildman–Crippen MR) is 88.6 cm³/mol. The van der Waals surface area contributed by atoms with Crippen LogP contribution in [0.15, 0.2) is 46.9 Å². The van der Waals surface area contributed by atoms with Crippen molar-refractivity contribution < 1.29 is 9.21 Å². The Balaban J connectivity index is 1.79. The number of carbonyl (C=O) groups is 1. The van der Waals surface area contributed by atoms with Crippen molar-refractivity contribution in [2.24, 2.45) is 0 Å². The fourth-order valence-corrected chi connectivity index (χ4v) is 2.39. The quantitative estimate of drug-likeness (QED) is 0.780. The van der Waals surface area contributed by atoms with Crippen molar-refractivity contribution in [3.8, 4) is 11.5 Å². The monoisotopic (exact) mass is 327 g/mol. The number of benzene rings is 2. The molecule has 0 aliphatic carbocycles. The van der Waals surface area contributed by atoms with E-state index < -0.39 is 0 Å². The lowest BCUT2D eigenvalue weighted by Gasteiger charge is -2.01. The lowest BCUT2D eigenvalue weighted by Crippen LogP contribution is -2.11.